The number of hydrogen-bond acceptors (Lipinski definition) is 2. The van der Waals surface area contributed by atoms with Crippen molar-refractivity contribution in [2.45, 2.75) is 38.3 Å². The second-order valence-corrected chi connectivity index (χ2v) is 6.74. The lowest BCUT2D eigenvalue weighted by atomic mass is 9.92. The Morgan fingerprint density at radius 2 is 2.17 bits per heavy atom. The number of hydrogen-bond donors (Lipinski definition) is 1. The fourth-order valence-electron chi connectivity index (χ4n) is 3.35. The lowest BCUT2D eigenvalue weighted by molar-refractivity contribution is 0.120. The van der Waals surface area contributed by atoms with E-state index in [-0.39, 0.29) is 0 Å². The summed E-state index contributed by atoms with van der Waals surface area (Å²) >= 11 is 3.56. The fourth-order valence-corrected chi connectivity index (χ4v) is 3.76. The van der Waals surface area contributed by atoms with Crippen molar-refractivity contribution in [1.82, 2.24) is 4.90 Å². The lowest BCUT2D eigenvalue weighted by Crippen LogP contribution is -2.48. The van der Waals surface area contributed by atoms with Gasteiger partial charge < -0.3 is 5.73 Å². The molecule has 3 heteroatoms. The van der Waals surface area contributed by atoms with E-state index in [1.807, 2.05) is 0 Å². The summed E-state index contributed by atoms with van der Waals surface area (Å²) in [6.45, 7) is 4.54. The van der Waals surface area contributed by atoms with Crippen LogP contribution >= 0.6 is 15.9 Å². The van der Waals surface area contributed by atoms with Crippen LogP contribution in [0.5, 0.6) is 0 Å². The summed E-state index contributed by atoms with van der Waals surface area (Å²) in [5, 5.41) is 0. The van der Waals surface area contributed by atoms with Crippen LogP contribution in [-0.4, -0.2) is 24.0 Å². The van der Waals surface area contributed by atoms with Gasteiger partial charge in [-0.25, -0.2) is 0 Å². The van der Waals surface area contributed by atoms with Gasteiger partial charge in [0.2, 0.25) is 0 Å². The van der Waals surface area contributed by atoms with Gasteiger partial charge in [-0.05, 0) is 55.0 Å². The third-order valence-electron chi connectivity index (χ3n) is 4.64. The molecule has 0 spiro atoms. The molecule has 1 heterocycles. The Kier molecular flexibility index (Phi) is 3.48. The summed E-state index contributed by atoms with van der Waals surface area (Å²) in [6.07, 6.45) is 3.71. The van der Waals surface area contributed by atoms with Gasteiger partial charge in [-0.2, -0.15) is 0 Å². The molecule has 1 fully saturated rings. The van der Waals surface area contributed by atoms with E-state index in [0.717, 1.165) is 6.54 Å². The highest BCUT2D eigenvalue weighted by atomic mass is 79.9. The van der Waals surface area contributed by atoms with Gasteiger partial charge in [0, 0.05) is 23.1 Å². The molecule has 0 bridgehead atoms. The number of fused-ring (bicyclic) bond motifs is 1. The number of nitrogens with zero attached hydrogens (tertiary/aromatic N) is 1. The van der Waals surface area contributed by atoms with Crippen LogP contribution < -0.4 is 5.73 Å². The van der Waals surface area contributed by atoms with Crippen LogP contribution in [-0.2, 0) is 6.42 Å². The van der Waals surface area contributed by atoms with E-state index in [4.69, 9.17) is 5.73 Å². The standard InChI is InChI=1S/C15H21BrN2/c1-10-6-7-18(9-14(10)17)15-5-2-11-8-12(16)3-4-13(11)15/h3-4,8,10,14-15H,2,5-7,9,17H2,1H3. The summed E-state index contributed by atoms with van der Waals surface area (Å²) in [5.41, 5.74) is 9.27. The molecule has 18 heavy (non-hydrogen) atoms. The average Bonchev–Trinajstić information content (AvgIpc) is 2.75. The fraction of sp³-hybridized carbons (Fsp3) is 0.600. The van der Waals surface area contributed by atoms with Crippen LogP contribution in [0.2, 0.25) is 0 Å². The van der Waals surface area contributed by atoms with Crippen molar-refractivity contribution in [3.8, 4) is 0 Å². The number of aryl methyl sites for hydroxylation is 1. The molecular weight excluding hydrogens is 288 g/mol. The predicted molar refractivity (Wildman–Crippen MR) is 78.5 cm³/mol. The zero-order valence-corrected chi connectivity index (χ0v) is 12.5. The average molecular weight is 309 g/mol. The summed E-state index contributed by atoms with van der Waals surface area (Å²) in [4.78, 5) is 2.60. The molecule has 1 aliphatic heterocycles. The molecule has 3 unspecified atom stereocenters. The van der Waals surface area contributed by atoms with Gasteiger partial charge in [-0.3, -0.25) is 4.90 Å². The monoisotopic (exact) mass is 308 g/mol. The molecule has 1 aromatic rings. The smallest absolute Gasteiger partial charge is 0.0354 e. The van der Waals surface area contributed by atoms with E-state index in [1.165, 1.54) is 41.4 Å². The van der Waals surface area contributed by atoms with E-state index in [0.29, 0.717) is 18.0 Å². The summed E-state index contributed by atoms with van der Waals surface area (Å²) in [7, 11) is 0. The van der Waals surface area contributed by atoms with Crippen LogP contribution in [0, 0.1) is 5.92 Å². The highest BCUT2D eigenvalue weighted by Gasteiger charge is 2.32. The Hall–Kier alpha value is -0.380. The predicted octanol–water partition coefficient (Wildman–Crippen LogP) is 3.11. The van der Waals surface area contributed by atoms with Gasteiger partial charge in [0.05, 0.1) is 0 Å². The van der Waals surface area contributed by atoms with Crippen LogP contribution in [0.1, 0.15) is 36.9 Å². The molecule has 3 rings (SSSR count). The minimum atomic E-state index is 0.346. The van der Waals surface area contributed by atoms with E-state index in [2.05, 4.69) is 46.0 Å². The third kappa shape index (κ3) is 2.24. The Balaban J connectivity index is 1.80. The molecule has 3 atom stereocenters. The van der Waals surface area contributed by atoms with Crippen LogP contribution in [0.3, 0.4) is 0 Å². The van der Waals surface area contributed by atoms with Gasteiger partial charge in [0.15, 0.2) is 0 Å². The van der Waals surface area contributed by atoms with Crippen molar-refractivity contribution in [2.75, 3.05) is 13.1 Å². The highest BCUT2D eigenvalue weighted by Crippen LogP contribution is 2.38. The number of piperidine rings is 1. The number of rotatable bonds is 1. The quantitative estimate of drug-likeness (QED) is 0.864. The first kappa shape index (κ1) is 12.6. The van der Waals surface area contributed by atoms with Crippen molar-refractivity contribution >= 4 is 15.9 Å². The van der Waals surface area contributed by atoms with Crippen molar-refractivity contribution in [3.63, 3.8) is 0 Å². The van der Waals surface area contributed by atoms with Crippen molar-refractivity contribution in [1.29, 1.82) is 0 Å². The van der Waals surface area contributed by atoms with Gasteiger partial charge in [0.1, 0.15) is 0 Å². The molecule has 2 nitrogen and oxygen atoms in total. The Morgan fingerprint density at radius 3 is 2.94 bits per heavy atom. The van der Waals surface area contributed by atoms with Gasteiger partial charge in [-0.15, -0.1) is 0 Å². The summed E-state index contributed by atoms with van der Waals surface area (Å²) < 4.78 is 1.20. The van der Waals surface area contributed by atoms with E-state index >= 15 is 0 Å². The van der Waals surface area contributed by atoms with E-state index in [1.54, 1.807) is 0 Å². The molecular formula is C15H21BrN2. The second kappa shape index (κ2) is 4.95. The largest absolute Gasteiger partial charge is 0.326 e. The number of nitrogens with two attached hydrogens (primary N) is 1. The zero-order chi connectivity index (χ0) is 12.7. The molecule has 0 saturated carbocycles. The molecule has 2 aliphatic rings. The van der Waals surface area contributed by atoms with E-state index < -0.39 is 0 Å². The van der Waals surface area contributed by atoms with Crippen molar-refractivity contribution < 1.29 is 0 Å². The maximum Gasteiger partial charge on any atom is 0.0354 e. The first-order valence-corrected chi connectivity index (χ1v) is 7.72. The molecule has 0 aromatic heterocycles. The topological polar surface area (TPSA) is 29.3 Å². The number of halogens is 1. The normalized spacial score (nSPS) is 32.5. The Bertz CT molecular complexity index is 446. The van der Waals surface area contributed by atoms with Gasteiger partial charge in [-0.1, -0.05) is 28.9 Å². The maximum absolute atomic E-state index is 6.23. The molecule has 0 radical (unpaired) electrons. The molecule has 1 saturated heterocycles. The molecule has 98 valence electrons. The maximum atomic E-state index is 6.23. The SMILES string of the molecule is CC1CCN(C2CCc3cc(Br)ccc32)CC1N. The lowest BCUT2D eigenvalue weighted by Gasteiger charge is -2.39. The molecule has 2 N–H and O–H groups in total. The summed E-state index contributed by atoms with van der Waals surface area (Å²) in [6, 6.07) is 7.69. The van der Waals surface area contributed by atoms with Gasteiger partial charge >= 0.3 is 0 Å². The number of likely N-dealkylation sites (tertiary alicyclic amines) is 1. The van der Waals surface area contributed by atoms with Gasteiger partial charge in [0.25, 0.3) is 0 Å². The minimum Gasteiger partial charge on any atom is -0.326 e. The molecule has 1 aliphatic carbocycles. The Labute approximate surface area is 118 Å². The first-order chi connectivity index (χ1) is 8.65. The zero-order valence-electron chi connectivity index (χ0n) is 10.9. The van der Waals surface area contributed by atoms with Crippen LogP contribution in [0.4, 0.5) is 0 Å². The Morgan fingerprint density at radius 1 is 1.33 bits per heavy atom. The first-order valence-electron chi connectivity index (χ1n) is 6.93. The highest BCUT2D eigenvalue weighted by molar-refractivity contribution is 9.10. The van der Waals surface area contributed by atoms with Crippen molar-refractivity contribution in [3.05, 3.63) is 33.8 Å². The van der Waals surface area contributed by atoms with E-state index in [9.17, 15) is 0 Å². The van der Waals surface area contributed by atoms with Crippen molar-refractivity contribution in [2.24, 2.45) is 11.7 Å². The minimum absolute atomic E-state index is 0.346. The second-order valence-electron chi connectivity index (χ2n) is 5.82. The molecule has 0 amide bonds. The molecule has 1 aromatic carbocycles. The summed E-state index contributed by atoms with van der Waals surface area (Å²) in [5.74, 6) is 0.673. The number of benzene rings is 1. The van der Waals surface area contributed by atoms with Crippen LogP contribution in [0.25, 0.3) is 0 Å². The van der Waals surface area contributed by atoms with Crippen LogP contribution in [0.15, 0.2) is 22.7 Å². The third-order valence-corrected chi connectivity index (χ3v) is 5.13.